The highest BCUT2D eigenvalue weighted by atomic mass is 16.7. The van der Waals surface area contributed by atoms with Crippen LogP contribution in [0.1, 0.15) is 37.7 Å². The lowest BCUT2D eigenvalue weighted by Gasteiger charge is -2.21. The molecule has 0 aromatic heterocycles. The third-order valence-corrected chi connectivity index (χ3v) is 3.02. The molecule has 1 aliphatic heterocycles. The first-order chi connectivity index (χ1) is 7.57. The molecule has 0 radical (unpaired) electrons. The van der Waals surface area contributed by atoms with Gasteiger partial charge in [-0.1, -0.05) is 43.7 Å². The number of hydrogen-bond donors (Lipinski definition) is 0. The zero-order valence-electron chi connectivity index (χ0n) is 10.3. The fourth-order valence-corrected chi connectivity index (χ4v) is 1.78. The van der Waals surface area contributed by atoms with E-state index in [1.54, 1.807) is 0 Å². The molecule has 0 N–H and O–H groups in total. The van der Waals surface area contributed by atoms with Crippen molar-refractivity contribution in [2.45, 2.75) is 33.5 Å². The molecular weight excluding hydrogens is 200 g/mol. The highest BCUT2D eigenvalue weighted by Crippen LogP contribution is 2.30. The molecule has 2 heteroatoms. The number of aryl methyl sites for hydroxylation is 1. The molecule has 1 heterocycles. The van der Waals surface area contributed by atoms with Gasteiger partial charge >= 0.3 is 0 Å². The van der Waals surface area contributed by atoms with Crippen molar-refractivity contribution in [3.05, 3.63) is 35.4 Å². The second kappa shape index (κ2) is 4.56. The topological polar surface area (TPSA) is 18.5 Å². The first-order valence-corrected chi connectivity index (χ1v) is 5.87. The van der Waals surface area contributed by atoms with Crippen LogP contribution in [0.5, 0.6) is 0 Å². The van der Waals surface area contributed by atoms with E-state index in [0.717, 1.165) is 25.2 Å². The quantitative estimate of drug-likeness (QED) is 0.721. The maximum atomic E-state index is 5.82. The van der Waals surface area contributed by atoms with Gasteiger partial charge in [0, 0.05) is 5.56 Å². The Labute approximate surface area is 97.6 Å². The van der Waals surface area contributed by atoms with Crippen molar-refractivity contribution in [2.24, 2.45) is 5.41 Å². The molecule has 0 saturated carbocycles. The van der Waals surface area contributed by atoms with Crippen LogP contribution in [0, 0.1) is 12.3 Å². The lowest BCUT2D eigenvalue weighted by atomic mass is 9.91. The summed E-state index contributed by atoms with van der Waals surface area (Å²) >= 11 is 0. The maximum absolute atomic E-state index is 5.82. The average molecular weight is 220 g/mol. The lowest BCUT2D eigenvalue weighted by molar-refractivity contribution is -0.135. The summed E-state index contributed by atoms with van der Waals surface area (Å²) in [6, 6.07) is 8.35. The van der Waals surface area contributed by atoms with Gasteiger partial charge in [-0.15, -0.1) is 0 Å². The Balaban J connectivity index is 2.08. The van der Waals surface area contributed by atoms with Crippen LogP contribution in [0.3, 0.4) is 0 Å². The van der Waals surface area contributed by atoms with Gasteiger partial charge in [-0.05, 0) is 18.8 Å². The fourth-order valence-electron chi connectivity index (χ4n) is 1.78. The van der Waals surface area contributed by atoms with Crippen LogP contribution in [0.15, 0.2) is 24.3 Å². The van der Waals surface area contributed by atoms with Gasteiger partial charge in [0.15, 0.2) is 6.29 Å². The van der Waals surface area contributed by atoms with Crippen LogP contribution in [-0.4, -0.2) is 13.2 Å². The molecule has 1 saturated heterocycles. The molecule has 2 rings (SSSR count). The smallest absolute Gasteiger partial charge is 0.183 e. The van der Waals surface area contributed by atoms with Gasteiger partial charge in [0.25, 0.3) is 0 Å². The first-order valence-electron chi connectivity index (χ1n) is 5.87. The number of benzene rings is 1. The molecule has 0 amide bonds. The van der Waals surface area contributed by atoms with E-state index in [2.05, 4.69) is 45.0 Å². The second-order valence-corrected chi connectivity index (χ2v) is 5.34. The van der Waals surface area contributed by atoms with Crippen molar-refractivity contribution in [3.8, 4) is 0 Å². The van der Waals surface area contributed by atoms with Crippen molar-refractivity contribution in [2.75, 3.05) is 13.2 Å². The molecule has 16 heavy (non-hydrogen) atoms. The molecule has 88 valence electrons. The van der Waals surface area contributed by atoms with Crippen LogP contribution >= 0.6 is 0 Å². The van der Waals surface area contributed by atoms with Crippen molar-refractivity contribution in [3.63, 3.8) is 0 Å². The predicted molar refractivity (Wildman–Crippen MR) is 64.2 cm³/mol. The van der Waals surface area contributed by atoms with E-state index in [4.69, 9.17) is 9.47 Å². The summed E-state index contributed by atoms with van der Waals surface area (Å²) in [5.74, 6) is 0. The molecular formula is C14H20O2. The summed E-state index contributed by atoms with van der Waals surface area (Å²) in [6.45, 7) is 8.04. The Bertz CT molecular complexity index is 340. The predicted octanol–water partition coefficient (Wildman–Crippen LogP) is 3.46. The third-order valence-electron chi connectivity index (χ3n) is 3.02. The number of rotatable bonds is 1. The second-order valence-electron chi connectivity index (χ2n) is 5.34. The SMILES string of the molecule is Cc1ccc(C2OCCC(C)(C)CO2)cc1. The highest BCUT2D eigenvalue weighted by Gasteiger charge is 2.26. The summed E-state index contributed by atoms with van der Waals surface area (Å²) in [7, 11) is 0. The van der Waals surface area contributed by atoms with Crippen molar-refractivity contribution in [1.29, 1.82) is 0 Å². The summed E-state index contributed by atoms with van der Waals surface area (Å²) < 4.78 is 11.6. The van der Waals surface area contributed by atoms with E-state index in [1.165, 1.54) is 5.56 Å². The molecule has 1 fully saturated rings. The molecule has 1 atom stereocenters. The highest BCUT2D eigenvalue weighted by molar-refractivity contribution is 5.22. The zero-order valence-corrected chi connectivity index (χ0v) is 10.3. The van der Waals surface area contributed by atoms with Gasteiger partial charge in [-0.2, -0.15) is 0 Å². The van der Waals surface area contributed by atoms with Gasteiger partial charge in [0.1, 0.15) is 0 Å². The minimum atomic E-state index is -0.192. The van der Waals surface area contributed by atoms with Crippen molar-refractivity contribution < 1.29 is 9.47 Å². The third kappa shape index (κ3) is 2.83. The summed E-state index contributed by atoms with van der Waals surface area (Å²) in [4.78, 5) is 0. The Morgan fingerprint density at radius 3 is 2.50 bits per heavy atom. The van der Waals surface area contributed by atoms with E-state index in [9.17, 15) is 0 Å². The first kappa shape index (κ1) is 11.6. The molecule has 1 aliphatic rings. The van der Waals surface area contributed by atoms with Crippen LogP contribution in [0.4, 0.5) is 0 Å². The molecule has 0 bridgehead atoms. The van der Waals surface area contributed by atoms with Crippen molar-refractivity contribution in [1.82, 2.24) is 0 Å². The largest absolute Gasteiger partial charge is 0.348 e. The monoisotopic (exact) mass is 220 g/mol. The van der Waals surface area contributed by atoms with E-state index in [-0.39, 0.29) is 11.7 Å². The Hall–Kier alpha value is -0.860. The molecule has 2 nitrogen and oxygen atoms in total. The van der Waals surface area contributed by atoms with Gasteiger partial charge in [-0.25, -0.2) is 0 Å². The van der Waals surface area contributed by atoms with Gasteiger partial charge in [-0.3, -0.25) is 0 Å². The Morgan fingerprint density at radius 2 is 1.81 bits per heavy atom. The molecule has 1 aromatic carbocycles. The van der Waals surface area contributed by atoms with E-state index >= 15 is 0 Å². The lowest BCUT2D eigenvalue weighted by Crippen LogP contribution is -2.18. The maximum Gasteiger partial charge on any atom is 0.183 e. The zero-order chi connectivity index (χ0) is 11.6. The Morgan fingerprint density at radius 1 is 1.12 bits per heavy atom. The Kier molecular flexibility index (Phi) is 3.31. The minimum Gasteiger partial charge on any atom is -0.348 e. The van der Waals surface area contributed by atoms with Crippen LogP contribution in [0.25, 0.3) is 0 Å². The molecule has 0 spiro atoms. The summed E-state index contributed by atoms with van der Waals surface area (Å²) in [6.07, 6.45) is 0.859. The molecule has 1 aromatic rings. The number of ether oxygens (including phenoxy) is 2. The fraction of sp³-hybridized carbons (Fsp3) is 0.571. The van der Waals surface area contributed by atoms with Gasteiger partial charge < -0.3 is 9.47 Å². The summed E-state index contributed by atoms with van der Waals surface area (Å²) in [5.41, 5.74) is 2.60. The molecule has 0 aliphatic carbocycles. The molecule has 1 unspecified atom stereocenters. The van der Waals surface area contributed by atoms with E-state index < -0.39 is 0 Å². The normalized spacial score (nSPS) is 25.1. The summed E-state index contributed by atoms with van der Waals surface area (Å²) in [5, 5.41) is 0. The average Bonchev–Trinajstić information content (AvgIpc) is 2.41. The van der Waals surface area contributed by atoms with Gasteiger partial charge in [0.05, 0.1) is 13.2 Å². The number of hydrogen-bond acceptors (Lipinski definition) is 2. The van der Waals surface area contributed by atoms with E-state index in [1.807, 2.05) is 0 Å². The van der Waals surface area contributed by atoms with Crippen LogP contribution < -0.4 is 0 Å². The van der Waals surface area contributed by atoms with E-state index in [0.29, 0.717) is 0 Å². The van der Waals surface area contributed by atoms with Crippen molar-refractivity contribution >= 4 is 0 Å². The van der Waals surface area contributed by atoms with Gasteiger partial charge in [0.2, 0.25) is 0 Å². The standard InChI is InChI=1S/C14H20O2/c1-11-4-6-12(7-5-11)13-15-9-8-14(2,3)10-16-13/h4-7,13H,8-10H2,1-3H3. The minimum absolute atomic E-state index is 0.192. The van der Waals surface area contributed by atoms with Crippen LogP contribution in [-0.2, 0) is 9.47 Å². The van der Waals surface area contributed by atoms with Crippen LogP contribution in [0.2, 0.25) is 0 Å².